The van der Waals surface area contributed by atoms with Gasteiger partial charge in [-0.05, 0) is 24.8 Å². The molecule has 110 valence electrons. The van der Waals surface area contributed by atoms with Crippen LogP contribution in [-0.4, -0.2) is 32.5 Å². The Bertz CT molecular complexity index is 869. The van der Waals surface area contributed by atoms with E-state index in [9.17, 15) is 4.79 Å². The Balaban J connectivity index is 2.59. The molecule has 1 aromatic carbocycles. The Hall–Kier alpha value is -2.02. The van der Waals surface area contributed by atoms with Crippen molar-refractivity contribution in [3.05, 3.63) is 28.6 Å². The summed E-state index contributed by atoms with van der Waals surface area (Å²) in [6.07, 6.45) is 2.79. The van der Waals surface area contributed by atoms with Crippen LogP contribution in [0.15, 0.2) is 28.2 Å². The number of hydrogen-bond acceptors (Lipinski definition) is 5. The molecule has 3 aromatic rings. The molecule has 0 unspecified atom stereocenters. The standard InChI is InChI=1S/C14H16N4O2S/c1-4-8-17-12(19)9-6-5-7-10(20-2)11(9)18-13(17)15-16-14(18)21-3/h5-7H,4,8H2,1-3H3. The summed E-state index contributed by atoms with van der Waals surface area (Å²) in [4.78, 5) is 12.7. The fraction of sp³-hybridized carbons (Fsp3) is 0.357. The summed E-state index contributed by atoms with van der Waals surface area (Å²) in [7, 11) is 1.60. The van der Waals surface area contributed by atoms with E-state index in [-0.39, 0.29) is 5.56 Å². The summed E-state index contributed by atoms with van der Waals surface area (Å²) in [5.74, 6) is 1.21. The van der Waals surface area contributed by atoms with Crippen molar-refractivity contribution in [1.29, 1.82) is 0 Å². The average Bonchev–Trinajstić information content (AvgIpc) is 2.94. The topological polar surface area (TPSA) is 61.4 Å². The fourth-order valence-electron chi connectivity index (χ4n) is 2.52. The van der Waals surface area contributed by atoms with Gasteiger partial charge in [0.25, 0.3) is 5.56 Å². The zero-order valence-corrected chi connectivity index (χ0v) is 13.0. The third-order valence-corrected chi connectivity index (χ3v) is 4.03. The van der Waals surface area contributed by atoms with E-state index in [1.165, 1.54) is 11.8 Å². The molecule has 0 aliphatic heterocycles. The Morgan fingerprint density at radius 2 is 2.14 bits per heavy atom. The SMILES string of the molecule is CCCn1c(=O)c2cccc(OC)c2n2c(SC)nnc12. The zero-order valence-electron chi connectivity index (χ0n) is 12.2. The molecule has 21 heavy (non-hydrogen) atoms. The normalized spacial score (nSPS) is 11.4. The number of aromatic nitrogens is 4. The maximum absolute atomic E-state index is 12.7. The van der Waals surface area contributed by atoms with Crippen molar-refractivity contribution in [3.8, 4) is 5.75 Å². The van der Waals surface area contributed by atoms with Crippen LogP contribution in [0.5, 0.6) is 5.75 Å². The van der Waals surface area contributed by atoms with Crippen LogP contribution in [0.3, 0.4) is 0 Å². The Morgan fingerprint density at radius 1 is 1.33 bits per heavy atom. The fourth-order valence-corrected chi connectivity index (χ4v) is 2.99. The Morgan fingerprint density at radius 3 is 2.81 bits per heavy atom. The number of fused-ring (bicyclic) bond motifs is 3. The summed E-state index contributed by atoms with van der Waals surface area (Å²) < 4.78 is 9.00. The highest BCUT2D eigenvalue weighted by Crippen LogP contribution is 2.27. The van der Waals surface area contributed by atoms with E-state index in [0.717, 1.165) is 17.1 Å². The molecule has 0 spiro atoms. The maximum Gasteiger partial charge on any atom is 0.262 e. The number of thioether (sulfide) groups is 1. The van der Waals surface area contributed by atoms with Crippen molar-refractivity contribution < 1.29 is 4.74 Å². The predicted molar refractivity (Wildman–Crippen MR) is 83.4 cm³/mol. The first-order valence-corrected chi connectivity index (χ1v) is 7.94. The molecule has 0 amide bonds. The van der Waals surface area contributed by atoms with Gasteiger partial charge >= 0.3 is 0 Å². The van der Waals surface area contributed by atoms with Crippen molar-refractivity contribution in [3.63, 3.8) is 0 Å². The number of aryl methyl sites for hydroxylation is 1. The van der Waals surface area contributed by atoms with Crippen LogP contribution in [0.25, 0.3) is 16.7 Å². The molecule has 0 saturated carbocycles. The van der Waals surface area contributed by atoms with Crippen LogP contribution in [0, 0.1) is 0 Å². The van der Waals surface area contributed by atoms with Gasteiger partial charge in [-0.2, -0.15) is 0 Å². The quantitative estimate of drug-likeness (QED) is 0.691. The van der Waals surface area contributed by atoms with Gasteiger partial charge in [0.15, 0.2) is 5.16 Å². The second-order valence-electron chi connectivity index (χ2n) is 4.64. The van der Waals surface area contributed by atoms with Crippen molar-refractivity contribution in [2.45, 2.75) is 25.0 Å². The minimum atomic E-state index is -0.0571. The highest BCUT2D eigenvalue weighted by molar-refractivity contribution is 7.98. The first kappa shape index (κ1) is 13.9. The van der Waals surface area contributed by atoms with Gasteiger partial charge in [0.1, 0.15) is 11.3 Å². The smallest absolute Gasteiger partial charge is 0.262 e. The highest BCUT2D eigenvalue weighted by Gasteiger charge is 2.18. The van der Waals surface area contributed by atoms with Crippen LogP contribution in [0.1, 0.15) is 13.3 Å². The van der Waals surface area contributed by atoms with E-state index in [1.54, 1.807) is 11.7 Å². The third-order valence-electron chi connectivity index (χ3n) is 3.41. The van der Waals surface area contributed by atoms with E-state index in [1.807, 2.05) is 35.8 Å². The van der Waals surface area contributed by atoms with E-state index in [2.05, 4.69) is 10.2 Å². The minimum Gasteiger partial charge on any atom is -0.495 e. The van der Waals surface area contributed by atoms with E-state index in [4.69, 9.17) is 4.74 Å². The Labute approximate surface area is 125 Å². The van der Waals surface area contributed by atoms with E-state index in [0.29, 0.717) is 23.5 Å². The largest absolute Gasteiger partial charge is 0.495 e. The molecule has 0 fully saturated rings. The van der Waals surface area contributed by atoms with Crippen molar-refractivity contribution in [2.75, 3.05) is 13.4 Å². The van der Waals surface area contributed by atoms with Crippen molar-refractivity contribution in [2.24, 2.45) is 0 Å². The van der Waals surface area contributed by atoms with Crippen LogP contribution in [0.4, 0.5) is 0 Å². The van der Waals surface area contributed by atoms with Crippen molar-refractivity contribution >= 4 is 28.4 Å². The van der Waals surface area contributed by atoms with Crippen LogP contribution in [-0.2, 0) is 6.54 Å². The van der Waals surface area contributed by atoms with Crippen LogP contribution in [0.2, 0.25) is 0 Å². The molecule has 0 aliphatic carbocycles. The van der Waals surface area contributed by atoms with Gasteiger partial charge in [0.05, 0.1) is 12.5 Å². The first-order valence-electron chi connectivity index (χ1n) is 6.71. The molecule has 2 aromatic heterocycles. The number of para-hydroxylation sites is 1. The molecule has 3 rings (SSSR count). The molecule has 7 heteroatoms. The Kier molecular flexibility index (Phi) is 3.59. The van der Waals surface area contributed by atoms with Gasteiger partial charge in [0.2, 0.25) is 5.78 Å². The van der Waals surface area contributed by atoms with Crippen LogP contribution >= 0.6 is 11.8 Å². The lowest BCUT2D eigenvalue weighted by Crippen LogP contribution is -2.23. The lowest BCUT2D eigenvalue weighted by Gasteiger charge is -2.12. The van der Waals surface area contributed by atoms with Crippen molar-refractivity contribution in [1.82, 2.24) is 19.2 Å². The zero-order chi connectivity index (χ0) is 15.0. The van der Waals surface area contributed by atoms with E-state index >= 15 is 0 Å². The van der Waals surface area contributed by atoms with Gasteiger partial charge in [-0.25, -0.2) is 0 Å². The number of nitrogens with zero attached hydrogens (tertiary/aromatic N) is 4. The first-order chi connectivity index (χ1) is 10.2. The lowest BCUT2D eigenvalue weighted by atomic mass is 10.2. The second kappa shape index (κ2) is 5.40. The number of rotatable bonds is 4. The van der Waals surface area contributed by atoms with Gasteiger partial charge < -0.3 is 4.74 Å². The summed E-state index contributed by atoms with van der Waals surface area (Å²) in [6.45, 7) is 2.65. The third kappa shape index (κ3) is 1.99. The highest BCUT2D eigenvalue weighted by atomic mass is 32.2. The molecule has 2 heterocycles. The molecular weight excluding hydrogens is 288 g/mol. The summed E-state index contributed by atoms with van der Waals surface area (Å²) >= 11 is 1.49. The molecule has 6 nitrogen and oxygen atoms in total. The summed E-state index contributed by atoms with van der Waals surface area (Å²) in [5.41, 5.74) is 0.667. The average molecular weight is 304 g/mol. The number of ether oxygens (including phenoxy) is 1. The summed E-state index contributed by atoms with van der Waals surface area (Å²) in [5, 5.41) is 9.73. The minimum absolute atomic E-state index is 0.0571. The number of methoxy groups -OCH3 is 1. The van der Waals surface area contributed by atoms with E-state index < -0.39 is 0 Å². The van der Waals surface area contributed by atoms with Gasteiger partial charge in [0, 0.05) is 6.54 Å². The predicted octanol–water partition coefficient (Wildman–Crippen LogP) is 2.18. The van der Waals surface area contributed by atoms with Gasteiger partial charge in [-0.1, -0.05) is 24.8 Å². The second-order valence-corrected chi connectivity index (χ2v) is 5.41. The molecule has 0 saturated heterocycles. The van der Waals surface area contributed by atoms with Crippen LogP contribution < -0.4 is 10.3 Å². The van der Waals surface area contributed by atoms with Gasteiger partial charge in [-0.15, -0.1) is 10.2 Å². The number of benzene rings is 1. The summed E-state index contributed by atoms with van der Waals surface area (Å²) in [6, 6.07) is 5.49. The molecule has 0 atom stereocenters. The monoisotopic (exact) mass is 304 g/mol. The number of hydrogen-bond donors (Lipinski definition) is 0. The molecular formula is C14H16N4O2S. The molecule has 0 aliphatic rings. The molecule has 0 N–H and O–H groups in total. The molecule has 0 radical (unpaired) electrons. The maximum atomic E-state index is 12.7. The molecule has 0 bridgehead atoms. The lowest BCUT2D eigenvalue weighted by molar-refractivity contribution is 0.418. The van der Waals surface area contributed by atoms with Gasteiger partial charge in [-0.3, -0.25) is 13.8 Å².